The average molecular weight is 390 g/mol. The molecule has 7 heteroatoms. The second-order valence-corrected chi connectivity index (χ2v) is 8.16. The first kappa shape index (κ1) is 20.4. The van der Waals surface area contributed by atoms with Crippen LogP contribution < -0.4 is 10.4 Å². The topological polar surface area (TPSA) is 117 Å². The summed E-state index contributed by atoms with van der Waals surface area (Å²) in [6.07, 6.45) is -1.14. The van der Waals surface area contributed by atoms with Gasteiger partial charge in [0.1, 0.15) is 23.2 Å². The van der Waals surface area contributed by atoms with Crippen LogP contribution >= 0.6 is 0 Å². The summed E-state index contributed by atoms with van der Waals surface area (Å²) in [6.45, 7) is 8.29. The first-order chi connectivity index (χ1) is 13.0. The molecule has 0 aliphatic carbocycles. The van der Waals surface area contributed by atoms with E-state index in [2.05, 4.69) is 0 Å². The van der Waals surface area contributed by atoms with E-state index in [1.165, 1.54) is 6.07 Å². The Kier molecular flexibility index (Phi) is 5.02. The zero-order chi connectivity index (χ0) is 21.0. The van der Waals surface area contributed by atoms with Crippen molar-refractivity contribution in [2.24, 2.45) is 5.92 Å². The predicted molar refractivity (Wildman–Crippen MR) is 103 cm³/mol. The monoisotopic (exact) mass is 390 g/mol. The van der Waals surface area contributed by atoms with Gasteiger partial charge in [0.05, 0.1) is 17.1 Å². The van der Waals surface area contributed by atoms with Gasteiger partial charge in [-0.25, -0.2) is 4.79 Å². The molecule has 0 saturated carbocycles. The van der Waals surface area contributed by atoms with E-state index in [1.54, 1.807) is 34.6 Å². The van der Waals surface area contributed by atoms with Crippen LogP contribution in [0.2, 0.25) is 0 Å². The molecule has 2 aromatic rings. The van der Waals surface area contributed by atoms with Gasteiger partial charge in [-0.2, -0.15) is 0 Å². The molecule has 3 rings (SSSR count). The smallest absolute Gasteiger partial charge is 0.336 e. The summed E-state index contributed by atoms with van der Waals surface area (Å²) in [5.74, 6) is -0.918. The van der Waals surface area contributed by atoms with Gasteiger partial charge in [0.25, 0.3) is 0 Å². The molecule has 0 fully saturated rings. The van der Waals surface area contributed by atoms with Gasteiger partial charge in [0, 0.05) is 29.5 Å². The average Bonchev–Trinajstić information content (AvgIpc) is 3.06. The molecule has 28 heavy (non-hydrogen) atoms. The lowest BCUT2D eigenvalue weighted by Crippen LogP contribution is -2.39. The fourth-order valence-electron chi connectivity index (χ4n) is 3.52. The van der Waals surface area contributed by atoms with E-state index in [9.17, 15) is 24.9 Å². The molecule has 1 aromatic heterocycles. The van der Waals surface area contributed by atoms with Crippen LogP contribution in [0.3, 0.4) is 0 Å². The molecule has 7 nitrogen and oxygen atoms in total. The SMILES string of the molecule is CCC(O)c1cc(=O)oc2c(C(=O)C(C)C)c(O)c3c(c12)OC(C(C)(C)O)C3. The number of carbonyl (C=O) groups excluding carboxylic acids is 1. The summed E-state index contributed by atoms with van der Waals surface area (Å²) in [4.78, 5) is 25.0. The van der Waals surface area contributed by atoms with Gasteiger partial charge < -0.3 is 24.5 Å². The third kappa shape index (κ3) is 3.18. The Morgan fingerprint density at radius 2 is 2.00 bits per heavy atom. The van der Waals surface area contributed by atoms with Crippen LogP contribution in [0.1, 0.15) is 68.6 Å². The predicted octanol–water partition coefficient (Wildman–Crippen LogP) is 2.86. The highest BCUT2D eigenvalue weighted by Crippen LogP contribution is 2.48. The van der Waals surface area contributed by atoms with Crippen LogP contribution in [0.25, 0.3) is 11.0 Å². The fraction of sp³-hybridized carbons (Fsp3) is 0.524. The van der Waals surface area contributed by atoms with E-state index in [4.69, 9.17) is 9.15 Å². The number of Topliss-reactive ketones (excluding diaryl/α,β-unsaturated/α-hetero) is 1. The van der Waals surface area contributed by atoms with Gasteiger partial charge in [0.15, 0.2) is 11.4 Å². The lowest BCUT2D eigenvalue weighted by molar-refractivity contribution is -0.0225. The number of rotatable bonds is 5. The van der Waals surface area contributed by atoms with E-state index in [1.807, 2.05) is 0 Å². The highest BCUT2D eigenvalue weighted by molar-refractivity contribution is 6.12. The highest BCUT2D eigenvalue weighted by Gasteiger charge is 2.40. The van der Waals surface area contributed by atoms with Crippen molar-refractivity contribution in [1.29, 1.82) is 0 Å². The van der Waals surface area contributed by atoms with Crippen LogP contribution in [0, 0.1) is 5.92 Å². The molecule has 1 aliphatic rings. The molecule has 1 aliphatic heterocycles. The summed E-state index contributed by atoms with van der Waals surface area (Å²) in [6, 6.07) is 1.18. The van der Waals surface area contributed by atoms with E-state index in [-0.39, 0.29) is 45.8 Å². The van der Waals surface area contributed by atoms with Gasteiger partial charge in [-0.3, -0.25) is 4.79 Å². The molecule has 0 amide bonds. The van der Waals surface area contributed by atoms with Crippen LogP contribution in [0.15, 0.2) is 15.3 Å². The summed E-state index contributed by atoms with van der Waals surface area (Å²) in [5, 5.41) is 32.0. The maximum absolute atomic E-state index is 12.8. The third-order valence-electron chi connectivity index (χ3n) is 5.20. The number of aromatic hydroxyl groups is 1. The Labute approximate surface area is 162 Å². The Balaban J connectivity index is 2.46. The molecule has 3 N–H and O–H groups in total. The number of fused-ring (bicyclic) bond motifs is 3. The number of hydrogen-bond donors (Lipinski definition) is 3. The van der Waals surface area contributed by atoms with Crippen molar-refractivity contribution in [2.45, 2.75) is 65.3 Å². The van der Waals surface area contributed by atoms with Crippen LogP contribution in [0.5, 0.6) is 11.5 Å². The highest BCUT2D eigenvalue weighted by atomic mass is 16.5. The molecule has 2 atom stereocenters. The van der Waals surface area contributed by atoms with Gasteiger partial charge in [-0.05, 0) is 20.3 Å². The molecule has 2 heterocycles. The minimum Gasteiger partial charge on any atom is -0.507 e. The number of phenolic OH excluding ortho intramolecular Hbond substituents is 1. The van der Waals surface area contributed by atoms with Crippen molar-refractivity contribution >= 4 is 16.8 Å². The lowest BCUT2D eigenvalue weighted by atomic mass is 9.90. The third-order valence-corrected chi connectivity index (χ3v) is 5.20. The van der Waals surface area contributed by atoms with Gasteiger partial charge >= 0.3 is 5.63 Å². The maximum atomic E-state index is 12.8. The first-order valence-electron chi connectivity index (χ1n) is 9.44. The zero-order valence-corrected chi connectivity index (χ0v) is 16.7. The minimum absolute atomic E-state index is 0.0917. The summed E-state index contributed by atoms with van der Waals surface area (Å²) in [5.41, 5.74) is -1.49. The molecular formula is C21H26O7. The van der Waals surface area contributed by atoms with Crippen molar-refractivity contribution in [2.75, 3.05) is 0 Å². The Hall–Kier alpha value is -2.38. The molecule has 2 unspecified atom stereocenters. The van der Waals surface area contributed by atoms with Crippen molar-refractivity contribution in [3.05, 3.63) is 33.2 Å². The van der Waals surface area contributed by atoms with Crippen LogP contribution in [-0.4, -0.2) is 32.8 Å². The van der Waals surface area contributed by atoms with Crippen molar-refractivity contribution in [3.8, 4) is 11.5 Å². The van der Waals surface area contributed by atoms with Crippen molar-refractivity contribution in [3.63, 3.8) is 0 Å². The standard InChI is InChI=1S/C21H26O7/c1-6-12(22)10-8-14(23)28-20-15(10)19-11(7-13(27-19)21(4,5)26)18(25)16(20)17(24)9(2)3/h8-9,12-13,22,25-26H,6-7H2,1-5H3. The first-order valence-corrected chi connectivity index (χ1v) is 9.44. The molecule has 0 saturated heterocycles. The van der Waals surface area contributed by atoms with Crippen LogP contribution in [0.4, 0.5) is 0 Å². The quantitative estimate of drug-likeness (QED) is 0.531. The number of ether oxygens (including phenoxy) is 1. The van der Waals surface area contributed by atoms with E-state index in [0.717, 1.165) is 0 Å². The molecule has 0 bridgehead atoms. The molecular weight excluding hydrogens is 364 g/mol. The number of phenols is 1. The second-order valence-electron chi connectivity index (χ2n) is 8.16. The largest absolute Gasteiger partial charge is 0.507 e. The van der Waals surface area contributed by atoms with Crippen LogP contribution in [-0.2, 0) is 6.42 Å². The number of benzene rings is 1. The van der Waals surface area contributed by atoms with Gasteiger partial charge in [-0.15, -0.1) is 0 Å². The fourth-order valence-corrected chi connectivity index (χ4v) is 3.52. The zero-order valence-electron chi connectivity index (χ0n) is 16.7. The molecule has 152 valence electrons. The number of aliphatic hydroxyl groups excluding tert-OH is 1. The van der Waals surface area contributed by atoms with Gasteiger partial charge in [-0.1, -0.05) is 20.8 Å². The van der Waals surface area contributed by atoms with E-state index < -0.39 is 29.4 Å². The number of carbonyl (C=O) groups is 1. The maximum Gasteiger partial charge on any atom is 0.336 e. The summed E-state index contributed by atoms with van der Waals surface area (Å²) < 4.78 is 11.3. The van der Waals surface area contributed by atoms with Gasteiger partial charge in [0.2, 0.25) is 0 Å². The van der Waals surface area contributed by atoms with E-state index in [0.29, 0.717) is 12.0 Å². The van der Waals surface area contributed by atoms with Crippen molar-refractivity contribution in [1.82, 2.24) is 0 Å². The molecule has 1 aromatic carbocycles. The normalized spacial score (nSPS) is 17.6. The Morgan fingerprint density at radius 1 is 1.36 bits per heavy atom. The van der Waals surface area contributed by atoms with Crippen molar-refractivity contribution < 1.29 is 29.3 Å². The Morgan fingerprint density at radius 3 is 2.54 bits per heavy atom. The minimum atomic E-state index is -1.21. The molecule has 0 radical (unpaired) electrons. The number of hydrogen-bond acceptors (Lipinski definition) is 7. The number of aliphatic hydroxyl groups is 2. The lowest BCUT2D eigenvalue weighted by Gasteiger charge is -2.25. The Bertz CT molecular complexity index is 995. The number of ketones is 1. The molecule has 0 spiro atoms. The summed E-state index contributed by atoms with van der Waals surface area (Å²) >= 11 is 0. The second kappa shape index (κ2) is 6.90. The van der Waals surface area contributed by atoms with E-state index >= 15 is 0 Å². The summed E-state index contributed by atoms with van der Waals surface area (Å²) in [7, 11) is 0.